The molecule has 0 heterocycles. The number of carbonyl (C=O) groups excluding carboxylic acids is 1. The van der Waals surface area contributed by atoms with Crippen molar-refractivity contribution in [1.29, 1.82) is 5.41 Å². The number of nitrogens with two attached hydrogens (primary N) is 2. The van der Waals surface area contributed by atoms with Crippen LogP contribution >= 0.6 is 11.6 Å². The summed E-state index contributed by atoms with van der Waals surface area (Å²) in [6, 6.07) is 3.00. The molecule has 0 fully saturated rings. The van der Waals surface area contributed by atoms with Gasteiger partial charge < -0.3 is 0 Å². The number of rotatable bonds is 2. The fourth-order valence-electron chi connectivity index (χ4n) is 0.879. The molecule has 0 radical (unpaired) electrons. The molecule has 0 aliphatic rings. The van der Waals surface area contributed by atoms with Gasteiger partial charge in [0, 0.05) is 0 Å². The summed E-state index contributed by atoms with van der Waals surface area (Å²) < 4.78 is 43.8. The number of halogens is 1. The maximum absolute atomic E-state index is 11.0. The van der Waals surface area contributed by atoms with Crippen LogP contribution in [-0.2, 0) is 24.8 Å². The Kier molecular flexibility index (Phi) is 5.61. The highest BCUT2D eigenvalue weighted by Gasteiger charge is 2.17. The van der Waals surface area contributed by atoms with Gasteiger partial charge in [-0.15, -0.1) is 0 Å². The molecule has 1 aromatic carbocycles. The lowest BCUT2D eigenvalue weighted by Crippen LogP contribution is -2.16. The number of benzene rings is 1. The number of nitrogens with one attached hydrogen (secondary N) is 1. The molecule has 1 aromatic rings. The molecule has 0 bridgehead atoms. The van der Waals surface area contributed by atoms with Crippen molar-refractivity contribution in [2.24, 2.45) is 10.3 Å². The first-order valence-electron chi connectivity index (χ1n) is 3.93. The van der Waals surface area contributed by atoms with Crippen LogP contribution in [0.5, 0.6) is 0 Å². The molecule has 0 spiro atoms. The van der Waals surface area contributed by atoms with E-state index in [1.54, 1.807) is 0 Å². The average Bonchev–Trinajstić information content (AvgIpc) is 2.15. The SMILES string of the molecule is N=C=O.NS(=O)(=O)c1ccc(Cl)c(S(N)(=O)=O)c1. The first-order valence-corrected chi connectivity index (χ1v) is 7.40. The van der Waals surface area contributed by atoms with Gasteiger partial charge in [-0.2, -0.15) is 0 Å². The van der Waals surface area contributed by atoms with Gasteiger partial charge in [0.2, 0.25) is 26.1 Å². The maximum Gasteiger partial charge on any atom is 0.239 e. The Bertz CT molecular complexity index is 677. The molecule has 5 N–H and O–H groups in total. The molecular weight excluding hydrogens is 306 g/mol. The number of primary sulfonamides is 2. The molecule has 18 heavy (non-hydrogen) atoms. The van der Waals surface area contributed by atoms with Crippen LogP contribution in [0.4, 0.5) is 0 Å². The molecule has 0 aliphatic carbocycles. The third-order valence-corrected chi connectivity index (χ3v) is 3.84. The molecule has 11 heteroatoms. The van der Waals surface area contributed by atoms with E-state index in [0.29, 0.717) is 0 Å². The van der Waals surface area contributed by atoms with Crippen molar-refractivity contribution >= 4 is 37.7 Å². The van der Waals surface area contributed by atoms with Crippen LogP contribution in [-0.4, -0.2) is 22.9 Å². The van der Waals surface area contributed by atoms with Crippen molar-refractivity contribution in [3.63, 3.8) is 0 Å². The summed E-state index contributed by atoms with van der Waals surface area (Å²) in [7, 11) is -8.05. The lowest BCUT2D eigenvalue weighted by Gasteiger charge is -2.03. The highest BCUT2D eigenvalue weighted by molar-refractivity contribution is 7.90. The molecule has 100 valence electrons. The first-order chi connectivity index (χ1) is 8.04. The standard InChI is InChI=1S/C6H7ClN2O4S2.CHNO/c7-5-2-1-4(14(8,10)11)3-6(5)15(9,12)13;2-1-3/h1-3H,(H2,8,10,11)(H2,9,12,13);2H. The fraction of sp³-hybridized carbons (Fsp3) is 0. The summed E-state index contributed by atoms with van der Waals surface area (Å²) in [4.78, 5) is 7.51. The topological polar surface area (TPSA) is 161 Å². The van der Waals surface area contributed by atoms with E-state index in [4.69, 9.17) is 32.1 Å². The number of hydrogen-bond donors (Lipinski definition) is 3. The Hall–Kier alpha value is -1.29. The van der Waals surface area contributed by atoms with Gasteiger partial charge in [-0.05, 0) is 18.2 Å². The summed E-state index contributed by atoms with van der Waals surface area (Å²) in [6.07, 6.45) is 0.750. The van der Waals surface area contributed by atoms with E-state index in [1.807, 2.05) is 0 Å². The Morgan fingerprint density at radius 1 is 1.11 bits per heavy atom. The van der Waals surface area contributed by atoms with Crippen LogP contribution in [0.15, 0.2) is 28.0 Å². The Morgan fingerprint density at radius 3 is 1.89 bits per heavy atom. The zero-order valence-corrected chi connectivity index (χ0v) is 11.0. The van der Waals surface area contributed by atoms with Crippen LogP contribution in [0.2, 0.25) is 5.02 Å². The summed E-state index contributed by atoms with van der Waals surface area (Å²) in [5.74, 6) is 0. The second kappa shape index (κ2) is 6.05. The summed E-state index contributed by atoms with van der Waals surface area (Å²) in [5.41, 5.74) is 0. The van der Waals surface area contributed by atoms with E-state index < -0.39 is 24.9 Å². The first kappa shape index (κ1) is 16.7. The Balaban J connectivity index is 0.000000873. The van der Waals surface area contributed by atoms with Crippen molar-refractivity contribution in [2.45, 2.75) is 9.79 Å². The molecule has 0 atom stereocenters. The highest BCUT2D eigenvalue weighted by atomic mass is 35.5. The zero-order chi connectivity index (χ0) is 14.6. The van der Waals surface area contributed by atoms with Gasteiger partial charge in [-0.3, -0.25) is 0 Å². The van der Waals surface area contributed by atoms with E-state index in [-0.39, 0.29) is 9.92 Å². The molecule has 1 rings (SSSR count). The van der Waals surface area contributed by atoms with E-state index in [2.05, 4.69) is 0 Å². The third kappa shape index (κ3) is 4.92. The van der Waals surface area contributed by atoms with Gasteiger partial charge in [-0.1, -0.05) is 11.6 Å². The maximum atomic E-state index is 11.0. The van der Waals surface area contributed by atoms with Crippen LogP contribution in [0.3, 0.4) is 0 Å². The molecule has 8 nitrogen and oxygen atoms in total. The molecule has 0 aliphatic heterocycles. The Labute approximate surface area is 108 Å². The van der Waals surface area contributed by atoms with E-state index >= 15 is 0 Å². The van der Waals surface area contributed by atoms with Crippen molar-refractivity contribution < 1.29 is 21.6 Å². The molecule has 0 unspecified atom stereocenters. The van der Waals surface area contributed by atoms with Crippen LogP contribution < -0.4 is 10.3 Å². The average molecular weight is 314 g/mol. The van der Waals surface area contributed by atoms with Crippen molar-refractivity contribution in [1.82, 2.24) is 0 Å². The van der Waals surface area contributed by atoms with E-state index in [1.165, 1.54) is 0 Å². The number of isocyanates is 1. The van der Waals surface area contributed by atoms with Gasteiger partial charge in [0.25, 0.3) is 0 Å². The lowest BCUT2D eigenvalue weighted by molar-refractivity contribution is 0.562. The van der Waals surface area contributed by atoms with Crippen LogP contribution in [0.25, 0.3) is 0 Å². The lowest BCUT2D eigenvalue weighted by atomic mass is 10.4. The van der Waals surface area contributed by atoms with Gasteiger partial charge in [0.05, 0.1) is 9.92 Å². The number of sulfonamides is 2. The van der Waals surface area contributed by atoms with E-state index in [9.17, 15) is 16.8 Å². The molecular formula is C7H8ClN3O5S2. The zero-order valence-electron chi connectivity index (χ0n) is 8.62. The minimum atomic E-state index is -4.07. The van der Waals surface area contributed by atoms with Crippen molar-refractivity contribution in [2.75, 3.05) is 0 Å². The quantitative estimate of drug-likeness (QED) is 0.496. The molecule has 0 aromatic heterocycles. The molecule has 0 amide bonds. The minimum Gasteiger partial charge on any atom is -0.225 e. The predicted molar refractivity (Wildman–Crippen MR) is 62.6 cm³/mol. The van der Waals surface area contributed by atoms with Crippen molar-refractivity contribution in [3.05, 3.63) is 23.2 Å². The largest absolute Gasteiger partial charge is 0.239 e. The van der Waals surface area contributed by atoms with Crippen molar-refractivity contribution in [3.8, 4) is 0 Å². The smallest absolute Gasteiger partial charge is 0.225 e. The van der Waals surface area contributed by atoms with E-state index in [0.717, 1.165) is 24.3 Å². The molecule has 0 saturated carbocycles. The van der Waals surface area contributed by atoms with Gasteiger partial charge >= 0.3 is 0 Å². The second-order valence-corrected chi connectivity index (χ2v) is 6.28. The normalized spacial score (nSPS) is 11.1. The number of hydrogen-bond acceptors (Lipinski definition) is 6. The highest BCUT2D eigenvalue weighted by Crippen LogP contribution is 2.22. The minimum absolute atomic E-state index is 0.162. The van der Waals surface area contributed by atoms with Crippen LogP contribution in [0.1, 0.15) is 0 Å². The Morgan fingerprint density at radius 2 is 1.56 bits per heavy atom. The molecule has 0 saturated heterocycles. The summed E-state index contributed by atoms with van der Waals surface area (Å²) in [5, 5.41) is 14.9. The van der Waals surface area contributed by atoms with Gasteiger partial charge in [0.1, 0.15) is 4.90 Å². The predicted octanol–water partition coefficient (Wildman–Crippen LogP) is -0.464. The summed E-state index contributed by atoms with van der Waals surface area (Å²) >= 11 is 5.54. The van der Waals surface area contributed by atoms with Crippen LogP contribution in [0, 0.1) is 5.41 Å². The van der Waals surface area contributed by atoms with Gasteiger partial charge in [-0.25, -0.2) is 37.3 Å². The second-order valence-electron chi connectivity index (χ2n) is 2.78. The monoisotopic (exact) mass is 313 g/mol. The third-order valence-electron chi connectivity index (χ3n) is 1.54. The van der Waals surface area contributed by atoms with Gasteiger partial charge in [0.15, 0.2) is 0 Å². The summed E-state index contributed by atoms with van der Waals surface area (Å²) in [6.45, 7) is 0. The fourth-order valence-corrected chi connectivity index (χ4v) is 2.56.